The van der Waals surface area contributed by atoms with Crippen molar-refractivity contribution in [3.05, 3.63) is 41.4 Å². The molecule has 0 spiro atoms. The van der Waals surface area contributed by atoms with Crippen LogP contribution in [0.15, 0.2) is 40.0 Å². The summed E-state index contributed by atoms with van der Waals surface area (Å²) in [6, 6.07) is 4.44. The van der Waals surface area contributed by atoms with Gasteiger partial charge in [0.2, 0.25) is 5.96 Å². The van der Waals surface area contributed by atoms with Crippen LogP contribution in [0.2, 0.25) is 0 Å². The van der Waals surface area contributed by atoms with Gasteiger partial charge in [-0.25, -0.2) is 19.4 Å². The fourth-order valence-corrected chi connectivity index (χ4v) is 1.89. The van der Waals surface area contributed by atoms with Crippen molar-refractivity contribution in [2.24, 2.45) is 9.98 Å². The van der Waals surface area contributed by atoms with Gasteiger partial charge in [0.05, 0.1) is 0 Å². The van der Waals surface area contributed by atoms with Gasteiger partial charge < -0.3 is 5.73 Å². The number of allylic oxidation sites excluding steroid dienone is 1. The molecule has 3 N–H and O–H groups in total. The lowest BCUT2D eigenvalue weighted by Gasteiger charge is -2.18. The Labute approximate surface area is 103 Å². The molecule has 18 heavy (non-hydrogen) atoms. The van der Waals surface area contributed by atoms with Gasteiger partial charge in [-0.15, -0.1) is 0 Å². The highest BCUT2D eigenvalue weighted by Gasteiger charge is 2.27. The van der Waals surface area contributed by atoms with Gasteiger partial charge in [-0.1, -0.05) is 0 Å². The number of rotatable bonds is 1. The smallest absolute Gasteiger partial charge is 0.241 e. The van der Waals surface area contributed by atoms with Gasteiger partial charge in [-0.05, 0) is 30.7 Å². The average molecular weight is 245 g/mol. The van der Waals surface area contributed by atoms with Crippen molar-refractivity contribution < 1.29 is 4.39 Å². The van der Waals surface area contributed by atoms with Crippen molar-refractivity contribution in [3.63, 3.8) is 0 Å². The van der Waals surface area contributed by atoms with E-state index >= 15 is 0 Å². The molecule has 2 aliphatic heterocycles. The molecule has 0 saturated carbocycles. The second-order valence-electron chi connectivity index (χ2n) is 4.24. The molecule has 2 aliphatic rings. The number of fused-ring (bicyclic) bond motifs is 1. The monoisotopic (exact) mass is 245 g/mol. The van der Waals surface area contributed by atoms with Crippen molar-refractivity contribution in [1.29, 1.82) is 0 Å². The predicted octanol–water partition coefficient (Wildman–Crippen LogP) is 1.57. The van der Waals surface area contributed by atoms with Crippen LogP contribution in [0.5, 0.6) is 0 Å². The van der Waals surface area contributed by atoms with E-state index in [-0.39, 0.29) is 5.82 Å². The number of nitrogens with two attached hydrogens (primary N) is 1. The Morgan fingerprint density at radius 3 is 3.11 bits per heavy atom. The normalized spacial score (nSPS) is 21.7. The van der Waals surface area contributed by atoms with Crippen LogP contribution in [0.25, 0.3) is 0 Å². The van der Waals surface area contributed by atoms with E-state index in [1.54, 1.807) is 17.3 Å². The first-order valence-corrected chi connectivity index (χ1v) is 5.54. The number of nitrogen functional groups attached to an aromatic ring is 1. The molecule has 1 atom stereocenters. The molecule has 0 fully saturated rings. The SMILES string of the molecule is CC1=CN2NC(c3cc(N)ccc3F)N=C2N=C1. The Balaban J connectivity index is 1.95. The van der Waals surface area contributed by atoms with Gasteiger partial charge >= 0.3 is 0 Å². The molecule has 0 amide bonds. The maximum Gasteiger partial charge on any atom is 0.241 e. The lowest BCUT2D eigenvalue weighted by atomic mass is 10.1. The molecule has 1 aromatic rings. The molecule has 0 saturated heterocycles. The van der Waals surface area contributed by atoms with E-state index in [9.17, 15) is 4.39 Å². The van der Waals surface area contributed by atoms with Crippen LogP contribution in [-0.2, 0) is 0 Å². The Hall–Kier alpha value is -2.21. The molecule has 1 unspecified atom stereocenters. The van der Waals surface area contributed by atoms with E-state index in [0.29, 0.717) is 17.2 Å². The molecule has 6 heteroatoms. The van der Waals surface area contributed by atoms with Crippen molar-refractivity contribution >= 4 is 17.9 Å². The van der Waals surface area contributed by atoms with E-state index in [4.69, 9.17) is 5.73 Å². The number of hydrazine groups is 1. The minimum atomic E-state index is -0.497. The van der Waals surface area contributed by atoms with E-state index in [1.165, 1.54) is 12.1 Å². The average Bonchev–Trinajstić information content (AvgIpc) is 2.74. The molecule has 3 rings (SSSR count). The molecule has 0 radical (unpaired) electrons. The van der Waals surface area contributed by atoms with Crippen LogP contribution in [-0.4, -0.2) is 17.2 Å². The summed E-state index contributed by atoms with van der Waals surface area (Å²) in [5, 5.41) is 1.68. The second kappa shape index (κ2) is 3.92. The lowest BCUT2D eigenvalue weighted by Crippen LogP contribution is -2.34. The predicted molar refractivity (Wildman–Crippen MR) is 68.2 cm³/mol. The zero-order chi connectivity index (χ0) is 12.7. The van der Waals surface area contributed by atoms with Crippen molar-refractivity contribution in [2.45, 2.75) is 13.1 Å². The summed E-state index contributed by atoms with van der Waals surface area (Å²) in [5.74, 6) is 0.183. The van der Waals surface area contributed by atoms with E-state index in [2.05, 4.69) is 15.4 Å². The van der Waals surface area contributed by atoms with Gasteiger partial charge in [-0.2, -0.15) is 5.43 Å². The highest BCUT2D eigenvalue weighted by molar-refractivity contribution is 5.97. The van der Waals surface area contributed by atoms with Crippen molar-refractivity contribution in [1.82, 2.24) is 10.4 Å². The van der Waals surface area contributed by atoms with Crippen LogP contribution < -0.4 is 11.2 Å². The summed E-state index contributed by atoms with van der Waals surface area (Å²) in [5.41, 5.74) is 10.6. The number of hydrogen-bond donors (Lipinski definition) is 2. The van der Waals surface area contributed by atoms with Crippen LogP contribution in [0.4, 0.5) is 10.1 Å². The number of nitrogens with one attached hydrogen (secondary N) is 1. The van der Waals surface area contributed by atoms with Gasteiger partial charge in [0, 0.05) is 23.7 Å². The highest BCUT2D eigenvalue weighted by Crippen LogP contribution is 2.26. The molecule has 0 aliphatic carbocycles. The van der Waals surface area contributed by atoms with Gasteiger partial charge in [-0.3, -0.25) is 0 Å². The van der Waals surface area contributed by atoms with Gasteiger partial charge in [0.15, 0.2) is 0 Å². The summed E-state index contributed by atoms with van der Waals surface area (Å²) >= 11 is 0. The zero-order valence-corrected chi connectivity index (χ0v) is 9.76. The topological polar surface area (TPSA) is 66.0 Å². The van der Waals surface area contributed by atoms with E-state index in [1.807, 2.05) is 13.1 Å². The molecule has 5 nitrogen and oxygen atoms in total. The quantitative estimate of drug-likeness (QED) is 0.738. The minimum absolute atomic E-state index is 0.337. The second-order valence-corrected chi connectivity index (χ2v) is 4.24. The molecule has 0 bridgehead atoms. The summed E-state index contributed by atoms with van der Waals surface area (Å²) in [4.78, 5) is 8.48. The number of hydrogen-bond acceptors (Lipinski definition) is 5. The maximum atomic E-state index is 13.7. The third kappa shape index (κ3) is 1.76. The standard InChI is InChI=1S/C12H12FN5/c1-7-5-15-12-16-11(17-18(12)6-7)9-4-8(14)2-3-10(9)13/h2-6,11,17H,14H2,1H3. The van der Waals surface area contributed by atoms with E-state index < -0.39 is 6.17 Å². The lowest BCUT2D eigenvalue weighted by molar-refractivity contribution is 0.375. The number of halogens is 1. The largest absolute Gasteiger partial charge is 0.399 e. The number of benzene rings is 1. The highest BCUT2D eigenvalue weighted by atomic mass is 19.1. The first-order valence-electron chi connectivity index (χ1n) is 5.54. The number of nitrogens with zero attached hydrogens (tertiary/aromatic N) is 3. The molecule has 0 aromatic heterocycles. The molecule has 92 valence electrons. The van der Waals surface area contributed by atoms with Crippen LogP contribution >= 0.6 is 0 Å². The van der Waals surface area contributed by atoms with Crippen LogP contribution in [0.3, 0.4) is 0 Å². The van der Waals surface area contributed by atoms with Gasteiger partial charge in [0.1, 0.15) is 12.0 Å². The number of anilines is 1. The van der Waals surface area contributed by atoms with Crippen molar-refractivity contribution in [2.75, 3.05) is 5.73 Å². The zero-order valence-electron chi connectivity index (χ0n) is 9.76. The van der Waals surface area contributed by atoms with Crippen molar-refractivity contribution in [3.8, 4) is 0 Å². The third-order valence-corrected chi connectivity index (χ3v) is 2.75. The Bertz CT molecular complexity index is 590. The molecular weight excluding hydrogens is 233 g/mol. The minimum Gasteiger partial charge on any atom is -0.399 e. The van der Waals surface area contributed by atoms with Gasteiger partial charge in [0.25, 0.3) is 0 Å². The summed E-state index contributed by atoms with van der Waals surface area (Å²) in [6.07, 6.45) is 3.08. The summed E-state index contributed by atoms with van der Waals surface area (Å²) in [7, 11) is 0. The third-order valence-electron chi connectivity index (χ3n) is 2.75. The fraction of sp³-hybridized carbons (Fsp3) is 0.167. The summed E-state index contributed by atoms with van der Waals surface area (Å²) < 4.78 is 13.7. The molecular formula is C12H12FN5. The first-order chi connectivity index (χ1) is 8.63. The molecule has 2 heterocycles. The van der Waals surface area contributed by atoms with Crippen LogP contribution in [0.1, 0.15) is 18.7 Å². The number of guanidine groups is 1. The Morgan fingerprint density at radius 1 is 1.44 bits per heavy atom. The Morgan fingerprint density at radius 2 is 2.28 bits per heavy atom. The summed E-state index contributed by atoms with van der Waals surface area (Å²) in [6.45, 7) is 1.93. The van der Waals surface area contributed by atoms with Crippen LogP contribution in [0, 0.1) is 5.82 Å². The number of aliphatic imine (C=N–C) groups is 2. The fourth-order valence-electron chi connectivity index (χ4n) is 1.89. The molecule has 1 aromatic carbocycles. The Kier molecular flexibility index (Phi) is 2.38. The maximum absolute atomic E-state index is 13.7. The van der Waals surface area contributed by atoms with E-state index in [0.717, 1.165) is 5.57 Å². The first kappa shape index (κ1) is 10.9.